The first-order valence-corrected chi connectivity index (χ1v) is 3.27. The summed E-state index contributed by atoms with van der Waals surface area (Å²) in [5.74, 6) is -2.12. The number of alkyl halides is 2. The Morgan fingerprint density at radius 2 is 1.36 bits per heavy atom. The van der Waals surface area contributed by atoms with E-state index in [2.05, 4.69) is 9.47 Å². The molecule has 4 nitrogen and oxygen atoms in total. The van der Waals surface area contributed by atoms with Gasteiger partial charge in [-0.25, -0.2) is 9.59 Å². The first-order valence-electron chi connectivity index (χ1n) is 2.51. The Balaban J connectivity index is 4.44. The average molecular weight is 201 g/mol. The van der Waals surface area contributed by atoms with Crippen molar-refractivity contribution in [2.75, 3.05) is 14.2 Å². The molecule has 0 N–H and O–H groups in total. The maximum Gasteiger partial charge on any atom is 0.354 e. The van der Waals surface area contributed by atoms with Crippen LogP contribution in [0.1, 0.15) is 0 Å². The molecule has 0 saturated heterocycles. The van der Waals surface area contributed by atoms with Crippen LogP contribution in [0.5, 0.6) is 0 Å². The van der Waals surface area contributed by atoms with E-state index in [9.17, 15) is 9.59 Å². The minimum absolute atomic E-state index is 1.06. The molecule has 0 aliphatic heterocycles. The van der Waals surface area contributed by atoms with Crippen LogP contribution in [-0.2, 0) is 19.1 Å². The lowest BCUT2D eigenvalue weighted by Gasteiger charge is -2.12. The first kappa shape index (κ1) is 10.5. The summed E-state index contributed by atoms with van der Waals surface area (Å²) in [4.78, 5) is 21.3. The third-order valence-electron chi connectivity index (χ3n) is 0.884. The predicted octanol–water partition coefficient (Wildman–Crippen LogP) is 0.506. The Hall–Kier alpha value is -0.480. The molecule has 0 atom stereocenters. The van der Waals surface area contributed by atoms with Gasteiger partial charge in [0.1, 0.15) is 0 Å². The highest BCUT2D eigenvalue weighted by Crippen LogP contribution is 2.23. The van der Waals surface area contributed by atoms with Crippen LogP contribution in [0.4, 0.5) is 0 Å². The van der Waals surface area contributed by atoms with Crippen LogP contribution in [0, 0.1) is 0 Å². The second-order valence-corrected chi connectivity index (χ2v) is 2.88. The maximum absolute atomic E-state index is 10.6. The van der Waals surface area contributed by atoms with E-state index in [0.29, 0.717) is 0 Å². The van der Waals surface area contributed by atoms with Crippen molar-refractivity contribution < 1.29 is 19.1 Å². The first-order chi connectivity index (χ1) is 4.96. The molecule has 0 rings (SSSR count). The molecule has 0 aliphatic rings. The largest absolute Gasteiger partial charge is 0.466 e. The molecule has 0 bridgehead atoms. The minimum Gasteiger partial charge on any atom is -0.466 e. The van der Waals surface area contributed by atoms with Gasteiger partial charge in [-0.3, -0.25) is 0 Å². The second-order valence-electron chi connectivity index (χ2n) is 1.56. The molecule has 64 valence electrons. The Morgan fingerprint density at radius 3 is 1.55 bits per heavy atom. The van der Waals surface area contributed by atoms with Crippen molar-refractivity contribution in [3.05, 3.63) is 0 Å². The number of carbonyl (C=O) groups excluding carboxylic acids is 2. The molecule has 0 fully saturated rings. The summed E-state index contributed by atoms with van der Waals surface area (Å²) in [6.45, 7) is 0. The van der Waals surface area contributed by atoms with Crippen molar-refractivity contribution in [3.8, 4) is 0 Å². The predicted molar refractivity (Wildman–Crippen MR) is 38.5 cm³/mol. The van der Waals surface area contributed by atoms with E-state index in [4.69, 9.17) is 23.2 Å². The standard InChI is InChI=1S/C5H6Cl2O4/c1-10-3(8)5(6,7)4(9)11-2/h1-2H3. The van der Waals surface area contributed by atoms with Crippen molar-refractivity contribution in [1.29, 1.82) is 0 Å². The van der Waals surface area contributed by atoms with E-state index in [0.717, 1.165) is 14.2 Å². The zero-order chi connectivity index (χ0) is 9.07. The maximum atomic E-state index is 10.6. The topological polar surface area (TPSA) is 52.6 Å². The number of rotatable bonds is 2. The highest BCUT2D eigenvalue weighted by Gasteiger charge is 2.44. The van der Waals surface area contributed by atoms with Crippen LogP contribution in [0.15, 0.2) is 0 Å². The molecule has 6 heteroatoms. The lowest BCUT2D eigenvalue weighted by Crippen LogP contribution is -2.37. The third-order valence-corrected chi connectivity index (χ3v) is 1.50. The molecule has 0 spiro atoms. The zero-order valence-electron chi connectivity index (χ0n) is 5.89. The van der Waals surface area contributed by atoms with Crippen LogP contribution >= 0.6 is 23.2 Å². The van der Waals surface area contributed by atoms with Gasteiger partial charge in [-0.2, -0.15) is 0 Å². The van der Waals surface area contributed by atoms with Crippen molar-refractivity contribution >= 4 is 35.1 Å². The number of esters is 2. The molecule has 0 aromatic rings. The van der Waals surface area contributed by atoms with E-state index >= 15 is 0 Å². The molecule has 0 aliphatic carbocycles. The number of ether oxygens (including phenoxy) is 2. The SMILES string of the molecule is COC(=O)C(Cl)(Cl)C(=O)OC. The summed E-state index contributed by atoms with van der Waals surface area (Å²) >= 11 is 10.5. The molecule has 0 radical (unpaired) electrons. The molecule has 0 amide bonds. The van der Waals surface area contributed by atoms with Gasteiger partial charge in [-0.05, 0) is 0 Å². The summed E-state index contributed by atoms with van der Waals surface area (Å²) < 4.78 is 6.01. The van der Waals surface area contributed by atoms with Gasteiger partial charge in [0.05, 0.1) is 14.2 Å². The normalized spacial score (nSPS) is 10.5. The van der Waals surface area contributed by atoms with Crippen LogP contribution in [-0.4, -0.2) is 30.5 Å². The van der Waals surface area contributed by atoms with Gasteiger partial charge in [0.15, 0.2) is 0 Å². The Morgan fingerprint density at radius 1 is 1.09 bits per heavy atom. The van der Waals surface area contributed by atoms with E-state index in [1.807, 2.05) is 0 Å². The van der Waals surface area contributed by atoms with Crippen molar-refractivity contribution in [2.45, 2.75) is 4.33 Å². The fourth-order valence-corrected chi connectivity index (χ4v) is 0.648. The van der Waals surface area contributed by atoms with Crippen molar-refractivity contribution in [2.24, 2.45) is 0 Å². The summed E-state index contributed by atoms with van der Waals surface area (Å²) in [6.07, 6.45) is 0. The lowest BCUT2D eigenvalue weighted by atomic mass is 10.4. The molecular weight excluding hydrogens is 195 g/mol. The fraction of sp³-hybridized carbons (Fsp3) is 0.600. The summed E-state index contributed by atoms with van der Waals surface area (Å²) in [6, 6.07) is 0. The Bertz CT molecular complexity index is 159. The van der Waals surface area contributed by atoms with E-state index < -0.39 is 16.3 Å². The average Bonchev–Trinajstić information content (AvgIpc) is 2.01. The van der Waals surface area contributed by atoms with Gasteiger partial charge in [0.25, 0.3) is 0 Å². The summed E-state index contributed by atoms with van der Waals surface area (Å²) in [5, 5.41) is 0. The van der Waals surface area contributed by atoms with Gasteiger partial charge < -0.3 is 9.47 Å². The van der Waals surface area contributed by atoms with E-state index in [1.54, 1.807) is 0 Å². The van der Waals surface area contributed by atoms with E-state index in [-0.39, 0.29) is 0 Å². The summed E-state index contributed by atoms with van der Waals surface area (Å²) in [7, 11) is 2.12. The number of hydrogen-bond donors (Lipinski definition) is 0. The smallest absolute Gasteiger partial charge is 0.354 e. The molecule has 0 unspecified atom stereocenters. The van der Waals surface area contributed by atoms with Crippen LogP contribution in [0.3, 0.4) is 0 Å². The van der Waals surface area contributed by atoms with Crippen molar-refractivity contribution in [1.82, 2.24) is 0 Å². The van der Waals surface area contributed by atoms with Crippen LogP contribution in [0.2, 0.25) is 0 Å². The van der Waals surface area contributed by atoms with Gasteiger partial charge >= 0.3 is 16.3 Å². The number of carbonyl (C=O) groups is 2. The fourth-order valence-electron chi connectivity index (χ4n) is 0.340. The van der Waals surface area contributed by atoms with Gasteiger partial charge in [-0.1, -0.05) is 23.2 Å². The minimum atomic E-state index is -2.26. The Labute approximate surface area is 73.4 Å². The lowest BCUT2D eigenvalue weighted by molar-refractivity contribution is -0.152. The quantitative estimate of drug-likeness (QED) is 0.371. The summed E-state index contributed by atoms with van der Waals surface area (Å²) in [5.41, 5.74) is 0. The Kier molecular flexibility index (Phi) is 3.62. The molecule has 11 heavy (non-hydrogen) atoms. The third kappa shape index (κ3) is 2.24. The van der Waals surface area contributed by atoms with Gasteiger partial charge in [0, 0.05) is 0 Å². The zero-order valence-corrected chi connectivity index (χ0v) is 7.40. The van der Waals surface area contributed by atoms with Crippen LogP contribution < -0.4 is 0 Å². The van der Waals surface area contributed by atoms with E-state index in [1.165, 1.54) is 0 Å². The molecule has 0 saturated carbocycles. The highest BCUT2D eigenvalue weighted by atomic mass is 35.5. The highest BCUT2D eigenvalue weighted by molar-refractivity contribution is 6.66. The number of halogens is 2. The van der Waals surface area contributed by atoms with Crippen LogP contribution in [0.25, 0.3) is 0 Å². The van der Waals surface area contributed by atoms with Gasteiger partial charge in [-0.15, -0.1) is 0 Å². The van der Waals surface area contributed by atoms with Crippen molar-refractivity contribution in [3.63, 3.8) is 0 Å². The molecule has 0 aromatic heterocycles. The number of hydrogen-bond acceptors (Lipinski definition) is 4. The molecular formula is C5H6Cl2O4. The molecule has 0 aromatic carbocycles. The second kappa shape index (κ2) is 3.78. The number of methoxy groups -OCH3 is 2. The van der Waals surface area contributed by atoms with Gasteiger partial charge in [0.2, 0.25) is 0 Å². The molecule has 0 heterocycles. The monoisotopic (exact) mass is 200 g/mol.